The van der Waals surface area contributed by atoms with Gasteiger partial charge in [-0.1, -0.05) is 6.08 Å². The maximum absolute atomic E-state index is 5.21. The summed E-state index contributed by atoms with van der Waals surface area (Å²) in [5.74, 6) is 1.55. The highest BCUT2D eigenvalue weighted by molar-refractivity contribution is 5.59. The molecule has 1 aromatic rings. The first-order valence-corrected chi connectivity index (χ1v) is 4.38. The summed E-state index contributed by atoms with van der Waals surface area (Å²) in [6.45, 7) is 4.35. The van der Waals surface area contributed by atoms with E-state index in [1.54, 1.807) is 20.3 Å². The molecule has 0 radical (unpaired) electrons. The van der Waals surface area contributed by atoms with Crippen molar-refractivity contribution in [3.63, 3.8) is 0 Å². The van der Waals surface area contributed by atoms with Crippen LogP contribution in [0.3, 0.4) is 0 Å². The van der Waals surface area contributed by atoms with Crippen molar-refractivity contribution in [1.29, 1.82) is 0 Å². The van der Waals surface area contributed by atoms with Crippen molar-refractivity contribution in [3.05, 3.63) is 30.9 Å². The van der Waals surface area contributed by atoms with E-state index in [0.717, 1.165) is 17.2 Å². The normalized spacial score (nSPS) is 9.29. The highest BCUT2D eigenvalue weighted by atomic mass is 16.5. The Labute approximate surface area is 84.3 Å². The van der Waals surface area contributed by atoms with Gasteiger partial charge in [0, 0.05) is 12.6 Å². The SMILES string of the molecule is C=CCNc1ccc(OC)cc1OC. The maximum Gasteiger partial charge on any atom is 0.145 e. The average Bonchev–Trinajstić information content (AvgIpc) is 2.26. The molecule has 0 amide bonds. The molecule has 0 aromatic heterocycles. The van der Waals surface area contributed by atoms with Gasteiger partial charge in [-0.25, -0.2) is 0 Å². The summed E-state index contributed by atoms with van der Waals surface area (Å²) in [6.07, 6.45) is 1.80. The van der Waals surface area contributed by atoms with Crippen molar-refractivity contribution in [1.82, 2.24) is 0 Å². The predicted octanol–water partition coefficient (Wildman–Crippen LogP) is 2.30. The Morgan fingerprint density at radius 2 is 2.14 bits per heavy atom. The average molecular weight is 193 g/mol. The zero-order valence-corrected chi connectivity index (χ0v) is 8.54. The number of methoxy groups -OCH3 is 2. The molecule has 0 unspecified atom stereocenters. The molecule has 0 heterocycles. The number of nitrogens with one attached hydrogen (secondary N) is 1. The van der Waals surface area contributed by atoms with Crippen LogP contribution in [0.1, 0.15) is 0 Å². The van der Waals surface area contributed by atoms with E-state index in [1.165, 1.54) is 0 Å². The van der Waals surface area contributed by atoms with Gasteiger partial charge in [0.2, 0.25) is 0 Å². The number of ether oxygens (including phenoxy) is 2. The standard InChI is InChI=1S/C11H15NO2/c1-4-7-12-10-6-5-9(13-2)8-11(10)14-3/h4-6,8,12H,1,7H2,2-3H3. The van der Waals surface area contributed by atoms with E-state index < -0.39 is 0 Å². The second kappa shape index (κ2) is 5.17. The van der Waals surface area contributed by atoms with Gasteiger partial charge in [-0.05, 0) is 12.1 Å². The van der Waals surface area contributed by atoms with Gasteiger partial charge >= 0.3 is 0 Å². The molecule has 0 aliphatic heterocycles. The van der Waals surface area contributed by atoms with E-state index in [1.807, 2.05) is 18.2 Å². The van der Waals surface area contributed by atoms with Gasteiger partial charge in [0.25, 0.3) is 0 Å². The Bertz CT molecular complexity index is 310. The molecule has 0 aliphatic rings. The minimum Gasteiger partial charge on any atom is -0.497 e. The Kier molecular flexibility index (Phi) is 3.85. The van der Waals surface area contributed by atoms with Crippen LogP contribution in [0.15, 0.2) is 30.9 Å². The van der Waals surface area contributed by atoms with Crippen LogP contribution in [-0.2, 0) is 0 Å². The molecule has 0 saturated heterocycles. The monoisotopic (exact) mass is 193 g/mol. The lowest BCUT2D eigenvalue weighted by Crippen LogP contribution is -2.00. The summed E-state index contributed by atoms with van der Waals surface area (Å²) < 4.78 is 10.3. The molecule has 0 atom stereocenters. The maximum atomic E-state index is 5.21. The van der Waals surface area contributed by atoms with Gasteiger partial charge in [0.15, 0.2) is 0 Å². The minimum absolute atomic E-state index is 0.711. The number of anilines is 1. The third-order valence-electron chi connectivity index (χ3n) is 1.85. The molecular formula is C11H15NO2. The van der Waals surface area contributed by atoms with Gasteiger partial charge in [-0.2, -0.15) is 0 Å². The van der Waals surface area contributed by atoms with Gasteiger partial charge in [0.05, 0.1) is 19.9 Å². The van der Waals surface area contributed by atoms with Gasteiger partial charge < -0.3 is 14.8 Å². The number of hydrogen-bond donors (Lipinski definition) is 1. The van der Waals surface area contributed by atoms with Crippen LogP contribution in [0.2, 0.25) is 0 Å². The van der Waals surface area contributed by atoms with Crippen LogP contribution in [0.5, 0.6) is 11.5 Å². The smallest absolute Gasteiger partial charge is 0.145 e. The molecule has 76 valence electrons. The second-order valence-electron chi connectivity index (χ2n) is 2.74. The Balaban J connectivity index is 2.87. The summed E-state index contributed by atoms with van der Waals surface area (Å²) in [7, 11) is 3.26. The third kappa shape index (κ3) is 2.42. The van der Waals surface area contributed by atoms with E-state index in [-0.39, 0.29) is 0 Å². The van der Waals surface area contributed by atoms with E-state index >= 15 is 0 Å². The number of benzene rings is 1. The van der Waals surface area contributed by atoms with Crippen LogP contribution in [0.4, 0.5) is 5.69 Å². The summed E-state index contributed by atoms with van der Waals surface area (Å²) in [6, 6.07) is 5.64. The van der Waals surface area contributed by atoms with Crippen molar-refractivity contribution in [2.24, 2.45) is 0 Å². The molecule has 0 aliphatic carbocycles. The zero-order chi connectivity index (χ0) is 10.4. The molecular weight excluding hydrogens is 178 g/mol. The van der Waals surface area contributed by atoms with Crippen molar-refractivity contribution < 1.29 is 9.47 Å². The molecule has 0 fully saturated rings. The summed E-state index contributed by atoms with van der Waals surface area (Å²) >= 11 is 0. The van der Waals surface area contributed by atoms with Crippen LogP contribution in [0, 0.1) is 0 Å². The van der Waals surface area contributed by atoms with Crippen molar-refractivity contribution in [2.75, 3.05) is 26.1 Å². The molecule has 0 saturated carbocycles. The zero-order valence-electron chi connectivity index (χ0n) is 8.54. The molecule has 0 bridgehead atoms. The topological polar surface area (TPSA) is 30.5 Å². The fourth-order valence-corrected chi connectivity index (χ4v) is 1.13. The first-order valence-electron chi connectivity index (χ1n) is 4.38. The van der Waals surface area contributed by atoms with E-state index in [4.69, 9.17) is 9.47 Å². The third-order valence-corrected chi connectivity index (χ3v) is 1.85. The summed E-state index contributed by atoms with van der Waals surface area (Å²) in [5.41, 5.74) is 0.938. The molecule has 3 nitrogen and oxygen atoms in total. The Hall–Kier alpha value is -1.64. The van der Waals surface area contributed by atoms with Crippen molar-refractivity contribution >= 4 is 5.69 Å². The highest BCUT2D eigenvalue weighted by Gasteiger charge is 2.02. The Morgan fingerprint density at radius 1 is 1.36 bits per heavy atom. The fourth-order valence-electron chi connectivity index (χ4n) is 1.13. The van der Waals surface area contributed by atoms with Gasteiger partial charge in [-0.15, -0.1) is 6.58 Å². The number of hydrogen-bond acceptors (Lipinski definition) is 3. The quantitative estimate of drug-likeness (QED) is 0.728. The first kappa shape index (κ1) is 10.4. The van der Waals surface area contributed by atoms with Crippen molar-refractivity contribution in [3.8, 4) is 11.5 Å². The lowest BCUT2D eigenvalue weighted by atomic mass is 10.2. The lowest BCUT2D eigenvalue weighted by Gasteiger charge is -2.10. The molecule has 1 rings (SSSR count). The van der Waals surface area contributed by atoms with Crippen LogP contribution in [-0.4, -0.2) is 20.8 Å². The van der Waals surface area contributed by atoms with E-state index in [9.17, 15) is 0 Å². The van der Waals surface area contributed by atoms with Gasteiger partial charge in [0.1, 0.15) is 11.5 Å². The molecule has 1 aromatic carbocycles. The molecule has 14 heavy (non-hydrogen) atoms. The minimum atomic E-state index is 0.711. The number of rotatable bonds is 5. The van der Waals surface area contributed by atoms with Crippen molar-refractivity contribution in [2.45, 2.75) is 0 Å². The second-order valence-corrected chi connectivity index (χ2v) is 2.74. The summed E-state index contributed by atoms with van der Waals surface area (Å²) in [4.78, 5) is 0. The Morgan fingerprint density at radius 3 is 2.71 bits per heavy atom. The summed E-state index contributed by atoms with van der Waals surface area (Å²) in [5, 5.41) is 3.17. The van der Waals surface area contributed by atoms with E-state index in [2.05, 4.69) is 11.9 Å². The fraction of sp³-hybridized carbons (Fsp3) is 0.273. The van der Waals surface area contributed by atoms with Crippen LogP contribution < -0.4 is 14.8 Å². The molecule has 3 heteroatoms. The predicted molar refractivity (Wildman–Crippen MR) is 58.2 cm³/mol. The highest BCUT2D eigenvalue weighted by Crippen LogP contribution is 2.28. The molecule has 0 spiro atoms. The van der Waals surface area contributed by atoms with Gasteiger partial charge in [-0.3, -0.25) is 0 Å². The molecule has 1 N–H and O–H groups in total. The largest absolute Gasteiger partial charge is 0.497 e. The van der Waals surface area contributed by atoms with Crippen LogP contribution >= 0.6 is 0 Å². The first-order chi connectivity index (χ1) is 6.81. The van der Waals surface area contributed by atoms with E-state index in [0.29, 0.717) is 6.54 Å². The van der Waals surface area contributed by atoms with Crippen LogP contribution in [0.25, 0.3) is 0 Å². The lowest BCUT2D eigenvalue weighted by molar-refractivity contribution is 0.395.